The Morgan fingerprint density at radius 1 is 1.24 bits per heavy atom. The van der Waals surface area contributed by atoms with Gasteiger partial charge < -0.3 is 10.6 Å². The molecule has 3 nitrogen and oxygen atoms in total. The van der Waals surface area contributed by atoms with Gasteiger partial charge in [-0.1, -0.05) is 41.4 Å². The van der Waals surface area contributed by atoms with Crippen molar-refractivity contribution >= 4 is 23.2 Å². The molecule has 3 N–H and O–H groups in total. The van der Waals surface area contributed by atoms with E-state index in [2.05, 4.69) is 12.2 Å². The van der Waals surface area contributed by atoms with Crippen LogP contribution < -0.4 is 10.6 Å². The van der Waals surface area contributed by atoms with Crippen LogP contribution in [0.25, 0.3) is 0 Å². The normalized spacial score (nSPS) is 12.0. The third-order valence-electron chi connectivity index (χ3n) is 3.37. The molecule has 0 unspecified atom stereocenters. The topological polar surface area (TPSA) is 45.7 Å². The van der Waals surface area contributed by atoms with E-state index in [9.17, 15) is 4.79 Å². The lowest BCUT2D eigenvalue weighted by Gasteiger charge is -2.11. The number of hydrogen-bond donors (Lipinski definition) is 2. The van der Waals surface area contributed by atoms with E-state index in [1.165, 1.54) is 5.56 Å². The number of halogens is 1. The van der Waals surface area contributed by atoms with Crippen molar-refractivity contribution in [1.29, 1.82) is 0 Å². The molecule has 0 saturated carbocycles. The third kappa shape index (κ3) is 4.88. The molecular weight excluding hydrogens is 284 g/mol. The van der Waals surface area contributed by atoms with Crippen molar-refractivity contribution in [1.82, 2.24) is 0 Å². The summed E-state index contributed by atoms with van der Waals surface area (Å²) in [6, 6.07) is 15.7. The maximum Gasteiger partial charge on any atom is 0.279 e. The second-order valence-electron chi connectivity index (χ2n) is 5.20. The Bertz CT molecular complexity index is 610. The summed E-state index contributed by atoms with van der Waals surface area (Å²) in [5.41, 5.74) is 3.12. The van der Waals surface area contributed by atoms with Crippen molar-refractivity contribution in [2.45, 2.75) is 19.9 Å². The minimum atomic E-state index is -0.00673. The number of nitrogens with two attached hydrogens (primary N) is 1. The number of carbonyl (C=O) groups is 1. The van der Waals surface area contributed by atoms with Crippen LogP contribution in [0.4, 0.5) is 5.69 Å². The van der Waals surface area contributed by atoms with Gasteiger partial charge in [0, 0.05) is 16.3 Å². The molecule has 0 saturated heterocycles. The van der Waals surface area contributed by atoms with Gasteiger partial charge in [-0.2, -0.15) is 0 Å². The van der Waals surface area contributed by atoms with E-state index in [0.29, 0.717) is 6.54 Å². The van der Waals surface area contributed by atoms with Gasteiger partial charge in [-0.3, -0.25) is 4.79 Å². The lowest BCUT2D eigenvalue weighted by Crippen LogP contribution is -2.86. The minimum Gasteiger partial charge on any atom is -0.333 e. The van der Waals surface area contributed by atoms with Crippen LogP contribution in [0, 0.1) is 6.92 Å². The predicted octanol–water partition coefficient (Wildman–Crippen LogP) is 2.91. The quantitative estimate of drug-likeness (QED) is 0.876. The highest BCUT2D eigenvalue weighted by molar-refractivity contribution is 6.30. The number of anilines is 1. The van der Waals surface area contributed by atoms with E-state index < -0.39 is 0 Å². The molecule has 0 aliphatic carbocycles. The number of quaternary nitrogens is 1. The van der Waals surface area contributed by atoms with Gasteiger partial charge in [0.25, 0.3) is 5.91 Å². The van der Waals surface area contributed by atoms with Gasteiger partial charge in [-0.05, 0) is 38.1 Å². The average Bonchev–Trinajstić information content (AvgIpc) is 2.47. The number of benzene rings is 2. The highest BCUT2D eigenvalue weighted by Crippen LogP contribution is 2.14. The Hall–Kier alpha value is -1.84. The van der Waals surface area contributed by atoms with Gasteiger partial charge >= 0.3 is 0 Å². The first kappa shape index (κ1) is 15.5. The molecule has 0 fully saturated rings. The molecule has 0 aromatic heterocycles. The van der Waals surface area contributed by atoms with Crippen molar-refractivity contribution in [3.63, 3.8) is 0 Å². The Balaban J connectivity index is 1.84. The Kier molecular flexibility index (Phi) is 5.37. The monoisotopic (exact) mass is 303 g/mol. The SMILES string of the molecule is Cc1ccc(NC(=O)C[NH2+][C@@H](C)c2cccc(Cl)c2)cc1. The predicted molar refractivity (Wildman–Crippen MR) is 86.5 cm³/mol. The van der Waals surface area contributed by atoms with E-state index in [1.54, 1.807) is 0 Å². The highest BCUT2D eigenvalue weighted by Gasteiger charge is 2.11. The smallest absolute Gasteiger partial charge is 0.279 e. The molecule has 2 aromatic carbocycles. The molecule has 1 amide bonds. The molecule has 0 aliphatic rings. The Morgan fingerprint density at radius 2 is 1.95 bits per heavy atom. The summed E-state index contributed by atoms with van der Waals surface area (Å²) in [5, 5.41) is 5.61. The second kappa shape index (κ2) is 7.25. The summed E-state index contributed by atoms with van der Waals surface area (Å²) < 4.78 is 0. The number of amides is 1. The lowest BCUT2D eigenvalue weighted by molar-refractivity contribution is -0.682. The molecule has 2 aromatic rings. The van der Waals surface area contributed by atoms with Crippen LogP contribution >= 0.6 is 11.6 Å². The molecule has 0 bridgehead atoms. The van der Waals surface area contributed by atoms with Crippen LogP contribution in [0.1, 0.15) is 24.1 Å². The molecule has 21 heavy (non-hydrogen) atoms. The van der Waals surface area contributed by atoms with Crippen LogP contribution in [-0.4, -0.2) is 12.5 Å². The summed E-state index contributed by atoms with van der Waals surface area (Å²) in [7, 11) is 0. The molecule has 110 valence electrons. The minimum absolute atomic E-state index is 0.00673. The summed E-state index contributed by atoms with van der Waals surface area (Å²) in [4.78, 5) is 11.9. The van der Waals surface area contributed by atoms with Gasteiger partial charge in [-0.25, -0.2) is 0 Å². The largest absolute Gasteiger partial charge is 0.333 e. The zero-order valence-electron chi connectivity index (χ0n) is 12.3. The summed E-state index contributed by atoms with van der Waals surface area (Å²) in [6.45, 7) is 4.46. The van der Waals surface area contributed by atoms with Crippen molar-refractivity contribution < 1.29 is 10.1 Å². The highest BCUT2D eigenvalue weighted by atomic mass is 35.5. The Morgan fingerprint density at radius 3 is 2.62 bits per heavy atom. The van der Waals surface area contributed by atoms with Crippen molar-refractivity contribution in [2.75, 3.05) is 11.9 Å². The fraction of sp³-hybridized carbons (Fsp3) is 0.235. The van der Waals surface area contributed by atoms with Gasteiger partial charge in [0.2, 0.25) is 0 Å². The van der Waals surface area contributed by atoms with Crippen LogP contribution in [0.2, 0.25) is 5.02 Å². The van der Waals surface area contributed by atoms with E-state index in [1.807, 2.05) is 60.8 Å². The second-order valence-corrected chi connectivity index (χ2v) is 5.63. The molecule has 2 rings (SSSR count). The molecule has 0 spiro atoms. The summed E-state index contributed by atoms with van der Waals surface area (Å²) >= 11 is 5.98. The molecule has 1 atom stereocenters. The van der Waals surface area contributed by atoms with Crippen LogP contribution in [0.15, 0.2) is 48.5 Å². The van der Waals surface area contributed by atoms with Crippen LogP contribution in [0.5, 0.6) is 0 Å². The molecule has 0 aliphatic heterocycles. The molecule has 4 heteroatoms. The maximum absolute atomic E-state index is 11.9. The van der Waals surface area contributed by atoms with Crippen molar-refractivity contribution in [2.24, 2.45) is 0 Å². The number of hydrogen-bond acceptors (Lipinski definition) is 1. The number of rotatable bonds is 5. The van der Waals surface area contributed by atoms with Crippen molar-refractivity contribution in [3.05, 3.63) is 64.7 Å². The maximum atomic E-state index is 11.9. The van der Waals surface area contributed by atoms with Crippen LogP contribution in [0.3, 0.4) is 0 Å². The van der Waals surface area contributed by atoms with Gasteiger partial charge in [0.05, 0.1) is 0 Å². The van der Waals surface area contributed by atoms with E-state index >= 15 is 0 Å². The first-order chi connectivity index (χ1) is 10.0. The number of aryl methyl sites for hydroxylation is 1. The molecule has 0 radical (unpaired) electrons. The van der Waals surface area contributed by atoms with Gasteiger partial charge in [0.15, 0.2) is 6.54 Å². The third-order valence-corrected chi connectivity index (χ3v) is 3.60. The average molecular weight is 304 g/mol. The Labute approximate surface area is 130 Å². The zero-order chi connectivity index (χ0) is 15.2. The molecular formula is C17H20ClN2O+. The first-order valence-corrected chi connectivity index (χ1v) is 7.37. The molecule has 0 heterocycles. The van der Waals surface area contributed by atoms with Gasteiger partial charge in [0.1, 0.15) is 6.04 Å². The van der Waals surface area contributed by atoms with E-state index in [4.69, 9.17) is 11.6 Å². The van der Waals surface area contributed by atoms with Crippen LogP contribution in [-0.2, 0) is 4.79 Å². The summed E-state index contributed by atoms with van der Waals surface area (Å²) in [6.07, 6.45) is 0. The standard InChI is InChI=1S/C17H19ClN2O/c1-12-6-8-16(9-7-12)20-17(21)11-19-13(2)14-4-3-5-15(18)10-14/h3-10,13,19H,11H2,1-2H3,(H,20,21)/p+1/t13-/m0/s1. The fourth-order valence-corrected chi connectivity index (χ4v) is 2.26. The lowest BCUT2D eigenvalue weighted by atomic mass is 10.1. The number of carbonyl (C=O) groups excluding carboxylic acids is 1. The summed E-state index contributed by atoms with van der Waals surface area (Å²) in [5.74, 6) is -0.00673. The number of nitrogens with one attached hydrogen (secondary N) is 1. The van der Waals surface area contributed by atoms with E-state index in [-0.39, 0.29) is 11.9 Å². The first-order valence-electron chi connectivity index (χ1n) is 7.00. The van der Waals surface area contributed by atoms with Gasteiger partial charge in [-0.15, -0.1) is 0 Å². The van der Waals surface area contributed by atoms with Crippen molar-refractivity contribution in [3.8, 4) is 0 Å². The van der Waals surface area contributed by atoms with E-state index in [0.717, 1.165) is 16.3 Å². The fourth-order valence-electron chi connectivity index (χ4n) is 2.06. The zero-order valence-corrected chi connectivity index (χ0v) is 13.0.